The maximum absolute atomic E-state index is 11.3. The number of benzene rings is 1. The zero-order valence-electron chi connectivity index (χ0n) is 9.40. The summed E-state index contributed by atoms with van der Waals surface area (Å²) in [5.74, 6) is 0.202. The number of ether oxygens (including phenoxy) is 1. The Hall–Kier alpha value is -1.55. The van der Waals surface area contributed by atoms with Crippen molar-refractivity contribution in [1.82, 2.24) is 5.32 Å². The van der Waals surface area contributed by atoms with Gasteiger partial charge in [0.15, 0.2) is 0 Å². The minimum atomic E-state index is -0.0264. The Morgan fingerprint density at radius 3 is 2.69 bits per heavy atom. The molecule has 88 valence electrons. The van der Waals surface area contributed by atoms with Crippen LogP contribution in [0.5, 0.6) is 5.75 Å². The number of carbonyl (C=O) groups is 1. The highest BCUT2D eigenvalue weighted by Gasteiger charge is 2.00. The van der Waals surface area contributed by atoms with E-state index >= 15 is 0 Å². The van der Waals surface area contributed by atoms with Gasteiger partial charge in [-0.3, -0.25) is 4.79 Å². The first-order chi connectivity index (χ1) is 7.72. The van der Waals surface area contributed by atoms with Crippen LogP contribution in [-0.2, 0) is 16.1 Å². The summed E-state index contributed by atoms with van der Waals surface area (Å²) in [7, 11) is 0. The molecule has 0 saturated heterocycles. The van der Waals surface area contributed by atoms with E-state index in [9.17, 15) is 4.79 Å². The highest BCUT2D eigenvalue weighted by atomic mass is 16.5. The number of aromatic hydroxyl groups is 1. The third-order valence-electron chi connectivity index (χ3n) is 2.10. The van der Waals surface area contributed by atoms with Crippen LogP contribution in [0.1, 0.15) is 18.9 Å². The van der Waals surface area contributed by atoms with Gasteiger partial charge in [0, 0.05) is 19.6 Å². The van der Waals surface area contributed by atoms with Gasteiger partial charge in [0.25, 0.3) is 0 Å². The second-order valence-electron chi connectivity index (χ2n) is 3.39. The second kappa shape index (κ2) is 6.85. The minimum Gasteiger partial charge on any atom is -0.508 e. The third kappa shape index (κ3) is 4.79. The summed E-state index contributed by atoms with van der Waals surface area (Å²) in [6, 6.07) is 6.75. The van der Waals surface area contributed by atoms with Gasteiger partial charge in [-0.1, -0.05) is 12.1 Å². The zero-order chi connectivity index (χ0) is 11.8. The Morgan fingerprint density at radius 2 is 2.06 bits per heavy atom. The van der Waals surface area contributed by atoms with Crippen molar-refractivity contribution >= 4 is 5.91 Å². The molecule has 1 rings (SSSR count). The largest absolute Gasteiger partial charge is 0.508 e. The van der Waals surface area contributed by atoms with E-state index in [-0.39, 0.29) is 11.7 Å². The first-order valence-electron chi connectivity index (χ1n) is 5.34. The molecule has 0 aliphatic heterocycles. The van der Waals surface area contributed by atoms with Gasteiger partial charge in [-0.25, -0.2) is 0 Å². The van der Waals surface area contributed by atoms with Crippen molar-refractivity contribution < 1.29 is 14.6 Å². The van der Waals surface area contributed by atoms with Crippen molar-refractivity contribution in [3.8, 4) is 5.75 Å². The molecule has 0 atom stereocenters. The van der Waals surface area contributed by atoms with Crippen LogP contribution in [0, 0.1) is 0 Å². The smallest absolute Gasteiger partial charge is 0.222 e. The van der Waals surface area contributed by atoms with E-state index in [0.29, 0.717) is 26.2 Å². The van der Waals surface area contributed by atoms with Gasteiger partial charge in [0.1, 0.15) is 5.75 Å². The van der Waals surface area contributed by atoms with Gasteiger partial charge in [-0.05, 0) is 24.6 Å². The van der Waals surface area contributed by atoms with Crippen molar-refractivity contribution in [1.29, 1.82) is 0 Å². The molecule has 0 heterocycles. The Balaban J connectivity index is 2.23. The van der Waals surface area contributed by atoms with Crippen LogP contribution in [0.4, 0.5) is 0 Å². The lowest BCUT2D eigenvalue weighted by atomic mass is 10.2. The fourth-order valence-electron chi connectivity index (χ4n) is 1.21. The number of hydrogen-bond donors (Lipinski definition) is 2. The lowest BCUT2D eigenvalue weighted by Crippen LogP contribution is -2.23. The van der Waals surface area contributed by atoms with Gasteiger partial charge in [0.2, 0.25) is 5.91 Å². The molecule has 1 amide bonds. The molecular formula is C12H17NO3. The van der Waals surface area contributed by atoms with Gasteiger partial charge in [-0.2, -0.15) is 0 Å². The van der Waals surface area contributed by atoms with E-state index in [4.69, 9.17) is 9.84 Å². The molecule has 4 nitrogen and oxygen atoms in total. The summed E-state index contributed by atoms with van der Waals surface area (Å²) >= 11 is 0. The third-order valence-corrected chi connectivity index (χ3v) is 2.10. The average Bonchev–Trinajstić information content (AvgIpc) is 2.29. The maximum atomic E-state index is 11.3. The monoisotopic (exact) mass is 223 g/mol. The summed E-state index contributed by atoms with van der Waals surface area (Å²) in [5.41, 5.74) is 0.961. The average molecular weight is 223 g/mol. The van der Waals surface area contributed by atoms with E-state index in [2.05, 4.69) is 5.32 Å². The molecule has 1 aromatic carbocycles. The fourth-order valence-corrected chi connectivity index (χ4v) is 1.21. The summed E-state index contributed by atoms with van der Waals surface area (Å²) < 4.78 is 5.08. The number of carbonyl (C=O) groups excluding carboxylic acids is 1. The lowest BCUT2D eigenvalue weighted by molar-refractivity contribution is -0.122. The standard InChI is InChI=1S/C12H17NO3/c1-2-16-8-7-12(15)13-9-10-3-5-11(14)6-4-10/h3-6,14H,2,7-9H2,1H3,(H,13,15). The maximum Gasteiger partial charge on any atom is 0.222 e. The van der Waals surface area contributed by atoms with Crippen LogP contribution in [-0.4, -0.2) is 24.2 Å². The van der Waals surface area contributed by atoms with Crippen LogP contribution in [0.3, 0.4) is 0 Å². The molecule has 0 fully saturated rings. The van der Waals surface area contributed by atoms with Crippen molar-refractivity contribution in [2.75, 3.05) is 13.2 Å². The number of hydrogen-bond acceptors (Lipinski definition) is 3. The lowest BCUT2D eigenvalue weighted by Gasteiger charge is -2.05. The van der Waals surface area contributed by atoms with Gasteiger partial charge in [0.05, 0.1) is 6.61 Å². The van der Waals surface area contributed by atoms with Crippen LogP contribution < -0.4 is 5.32 Å². The van der Waals surface area contributed by atoms with E-state index in [1.165, 1.54) is 0 Å². The van der Waals surface area contributed by atoms with Crippen molar-refractivity contribution in [3.05, 3.63) is 29.8 Å². The van der Waals surface area contributed by atoms with Crippen LogP contribution in [0.2, 0.25) is 0 Å². The molecule has 0 radical (unpaired) electrons. The highest BCUT2D eigenvalue weighted by Crippen LogP contribution is 2.09. The Morgan fingerprint density at radius 1 is 1.38 bits per heavy atom. The van der Waals surface area contributed by atoms with Gasteiger partial charge in [-0.15, -0.1) is 0 Å². The van der Waals surface area contributed by atoms with Crippen molar-refractivity contribution in [2.24, 2.45) is 0 Å². The Bertz CT molecular complexity index is 322. The molecule has 4 heteroatoms. The summed E-state index contributed by atoms with van der Waals surface area (Å²) in [6.45, 7) is 3.46. The van der Waals surface area contributed by atoms with Crippen LogP contribution in [0.25, 0.3) is 0 Å². The Labute approximate surface area is 95.2 Å². The number of rotatable bonds is 6. The summed E-state index contributed by atoms with van der Waals surface area (Å²) in [5, 5.41) is 11.9. The molecule has 0 aliphatic rings. The molecule has 0 aromatic heterocycles. The normalized spacial score (nSPS) is 10.1. The number of amides is 1. The molecular weight excluding hydrogens is 206 g/mol. The molecule has 0 spiro atoms. The molecule has 16 heavy (non-hydrogen) atoms. The zero-order valence-corrected chi connectivity index (χ0v) is 9.40. The first kappa shape index (κ1) is 12.5. The topological polar surface area (TPSA) is 58.6 Å². The molecule has 0 aliphatic carbocycles. The highest BCUT2D eigenvalue weighted by molar-refractivity contribution is 5.75. The van der Waals surface area contributed by atoms with E-state index in [1.807, 2.05) is 6.92 Å². The van der Waals surface area contributed by atoms with E-state index in [0.717, 1.165) is 5.56 Å². The van der Waals surface area contributed by atoms with E-state index < -0.39 is 0 Å². The number of phenolic OH excluding ortho intramolecular Hbond substituents is 1. The molecule has 0 saturated carbocycles. The first-order valence-corrected chi connectivity index (χ1v) is 5.34. The van der Waals surface area contributed by atoms with Crippen molar-refractivity contribution in [3.63, 3.8) is 0 Å². The second-order valence-corrected chi connectivity index (χ2v) is 3.39. The SMILES string of the molecule is CCOCCC(=O)NCc1ccc(O)cc1. The van der Waals surface area contributed by atoms with Gasteiger partial charge < -0.3 is 15.2 Å². The van der Waals surface area contributed by atoms with Gasteiger partial charge >= 0.3 is 0 Å². The van der Waals surface area contributed by atoms with E-state index in [1.54, 1.807) is 24.3 Å². The van der Waals surface area contributed by atoms with Crippen molar-refractivity contribution in [2.45, 2.75) is 19.9 Å². The number of nitrogens with one attached hydrogen (secondary N) is 1. The summed E-state index contributed by atoms with van der Waals surface area (Å²) in [4.78, 5) is 11.3. The predicted molar refractivity (Wildman–Crippen MR) is 61.1 cm³/mol. The fraction of sp³-hybridized carbons (Fsp3) is 0.417. The minimum absolute atomic E-state index is 0.0264. The molecule has 0 bridgehead atoms. The quantitative estimate of drug-likeness (QED) is 0.717. The Kier molecular flexibility index (Phi) is 5.36. The molecule has 0 unspecified atom stereocenters. The summed E-state index contributed by atoms with van der Waals surface area (Å²) in [6.07, 6.45) is 0.381. The van der Waals surface area contributed by atoms with Crippen LogP contribution in [0.15, 0.2) is 24.3 Å². The molecule has 2 N–H and O–H groups in total. The van der Waals surface area contributed by atoms with Crippen LogP contribution >= 0.6 is 0 Å². The predicted octanol–water partition coefficient (Wildman–Crippen LogP) is 1.43. The number of phenols is 1. The molecule has 1 aromatic rings.